The summed E-state index contributed by atoms with van der Waals surface area (Å²) in [6, 6.07) is 6.83. The van der Waals surface area contributed by atoms with Gasteiger partial charge in [-0.1, -0.05) is 52.0 Å². The minimum absolute atomic E-state index is 0.167. The molecule has 0 radical (unpaired) electrons. The Morgan fingerprint density at radius 3 is 1.50 bits per heavy atom. The summed E-state index contributed by atoms with van der Waals surface area (Å²) in [5, 5.41) is 0. The number of para-hydroxylation sites is 2. The molecule has 0 amide bonds. The number of ether oxygens (including phenoxy) is 2. The summed E-state index contributed by atoms with van der Waals surface area (Å²) in [4.78, 5) is 25.0. The van der Waals surface area contributed by atoms with Gasteiger partial charge < -0.3 is 9.47 Å². The Balaban J connectivity index is 2.37. The molecule has 0 unspecified atom stereocenters. The van der Waals surface area contributed by atoms with Crippen LogP contribution >= 0.6 is 0 Å². The summed E-state index contributed by atoms with van der Waals surface area (Å²) in [5.74, 6) is -0.0920. The van der Waals surface area contributed by atoms with Gasteiger partial charge in [0.1, 0.15) is 0 Å². The highest BCUT2D eigenvalue weighted by molar-refractivity contribution is 5.79. The fourth-order valence-corrected chi connectivity index (χ4v) is 2.75. The number of carbonyl (C=O) groups excluding carboxylic acids is 2. The third-order valence-electron chi connectivity index (χ3n) is 4.43. The van der Waals surface area contributed by atoms with E-state index in [9.17, 15) is 9.59 Å². The Labute approximate surface area is 143 Å². The van der Waals surface area contributed by atoms with E-state index in [1.807, 2.05) is 39.8 Å². The Morgan fingerprint density at radius 2 is 1.17 bits per heavy atom. The van der Waals surface area contributed by atoms with Crippen molar-refractivity contribution in [3.63, 3.8) is 0 Å². The molecular formula is C20H26O4. The molecule has 4 nitrogen and oxygen atoms in total. The van der Waals surface area contributed by atoms with Gasteiger partial charge in [-0.3, -0.25) is 9.59 Å². The molecule has 0 fully saturated rings. The lowest BCUT2D eigenvalue weighted by atomic mass is 9.90. The van der Waals surface area contributed by atoms with E-state index in [4.69, 9.17) is 9.47 Å². The van der Waals surface area contributed by atoms with Crippen LogP contribution in [0.15, 0.2) is 36.4 Å². The monoisotopic (exact) mass is 330 g/mol. The molecule has 1 aromatic carbocycles. The molecule has 0 saturated carbocycles. The van der Waals surface area contributed by atoms with E-state index in [0.717, 1.165) is 0 Å². The first-order chi connectivity index (χ1) is 11.4. The number of carbonyl (C=O) groups is 2. The average Bonchev–Trinajstić information content (AvgIpc) is 2.50. The molecule has 0 aromatic heterocycles. The van der Waals surface area contributed by atoms with Gasteiger partial charge in [-0.25, -0.2) is 0 Å². The normalized spacial score (nSPS) is 23.8. The van der Waals surface area contributed by atoms with E-state index >= 15 is 0 Å². The number of hydrogen-bond acceptors (Lipinski definition) is 4. The summed E-state index contributed by atoms with van der Waals surface area (Å²) in [7, 11) is 0. The summed E-state index contributed by atoms with van der Waals surface area (Å²) in [5.41, 5.74) is 0. The van der Waals surface area contributed by atoms with Gasteiger partial charge in [-0.2, -0.15) is 0 Å². The van der Waals surface area contributed by atoms with Gasteiger partial charge in [0.25, 0.3) is 0 Å². The number of benzene rings is 1. The lowest BCUT2D eigenvalue weighted by Gasteiger charge is -2.22. The summed E-state index contributed by atoms with van der Waals surface area (Å²) in [6.07, 6.45) is 5.17. The van der Waals surface area contributed by atoms with Crippen molar-refractivity contribution in [3.8, 4) is 11.5 Å². The van der Waals surface area contributed by atoms with Crippen LogP contribution in [0, 0.1) is 23.7 Å². The molecular weight excluding hydrogens is 304 g/mol. The van der Waals surface area contributed by atoms with Crippen molar-refractivity contribution in [2.75, 3.05) is 0 Å². The Hall–Kier alpha value is -2.10. The Morgan fingerprint density at radius 1 is 0.792 bits per heavy atom. The highest BCUT2D eigenvalue weighted by atomic mass is 16.6. The SMILES string of the molecule is CC(C)[C@@H]1C/C=C\C[C@@H](C(C)C)C(=O)Oc2ccccc2OC1=O. The van der Waals surface area contributed by atoms with E-state index in [0.29, 0.717) is 24.3 Å². The van der Waals surface area contributed by atoms with Gasteiger partial charge in [0.15, 0.2) is 11.5 Å². The second kappa shape index (κ2) is 8.13. The van der Waals surface area contributed by atoms with Crippen LogP contribution in [-0.4, -0.2) is 11.9 Å². The summed E-state index contributed by atoms with van der Waals surface area (Å²) < 4.78 is 11.1. The minimum Gasteiger partial charge on any atom is -0.422 e. The van der Waals surface area contributed by atoms with Gasteiger partial charge in [0, 0.05) is 0 Å². The van der Waals surface area contributed by atoms with Crippen LogP contribution in [0.25, 0.3) is 0 Å². The maximum Gasteiger partial charge on any atom is 0.315 e. The number of allylic oxidation sites excluding steroid dienone is 2. The van der Waals surface area contributed by atoms with Crippen molar-refractivity contribution in [2.24, 2.45) is 23.7 Å². The zero-order chi connectivity index (χ0) is 17.7. The van der Waals surface area contributed by atoms with Gasteiger partial charge >= 0.3 is 11.9 Å². The van der Waals surface area contributed by atoms with Crippen LogP contribution in [0.5, 0.6) is 11.5 Å². The van der Waals surface area contributed by atoms with E-state index in [1.165, 1.54) is 0 Å². The maximum absolute atomic E-state index is 12.5. The Bertz CT molecular complexity index is 563. The number of rotatable bonds is 2. The highest BCUT2D eigenvalue weighted by Crippen LogP contribution is 2.31. The van der Waals surface area contributed by atoms with E-state index < -0.39 is 0 Å². The highest BCUT2D eigenvalue weighted by Gasteiger charge is 2.28. The molecule has 0 aliphatic carbocycles. The molecule has 0 spiro atoms. The van der Waals surface area contributed by atoms with Crippen molar-refractivity contribution in [3.05, 3.63) is 36.4 Å². The summed E-state index contributed by atoms with van der Waals surface area (Å²) >= 11 is 0. The van der Waals surface area contributed by atoms with Crippen molar-refractivity contribution in [1.29, 1.82) is 0 Å². The number of esters is 2. The van der Waals surface area contributed by atoms with Crippen LogP contribution in [-0.2, 0) is 9.59 Å². The fourth-order valence-electron chi connectivity index (χ4n) is 2.75. The largest absolute Gasteiger partial charge is 0.422 e. The van der Waals surface area contributed by atoms with Crippen molar-refractivity contribution >= 4 is 11.9 Å². The molecule has 4 heteroatoms. The second-order valence-corrected chi connectivity index (χ2v) is 6.93. The third kappa shape index (κ3) is 4.47. The molecule has 1 aromatic rings. The zero-order valence-corrected chi connectivity index (χ0v) is 14.8. The molecule has 24 heavy (non-hydrogen) atoms. The van der Waals surface area contributed by atoms with Gasteiger partial charge in [-0.15, -0.1) is 0 Å². The average molecular weight is 330 g/mol. The van der Waals surface area contributed by atoms with Crippen LogP contribution in [0.1, 0.15) is 40.5 Å². The molecule has 1 aliphatic rings. The standard InChI is InChI=1S/C20H26O4/c1-13(2)15-9-5-6-10-16(14(3)4)20(22)24-18-12-8-7-11-17(18)23-19(15)21/h5-8,11-16H,9-10H2,1-4H3/b6-5-/t15-,16-/m0/s1. The van der Waals surface area contributed by atoms with Crippen LogP contribution in [0.3, 0.4) is 0 Å². The van der Waals surface area contributed by atoms with Crippen molar-refractivity contribution < 1.29 is 19.1 Å². The van der Waals surface area contributed by atoms with Gasteiger partial charge in [0.05, 0.1) is 11.8 Å². The fraction of sp³-hybridized carbons (Fsp3) is 0.500. The molecule has 1 heterocycles. The predicted octanol–water partition coefficient (Wildman–Crippen LogP) is 4.39. The first-order valence-corrected chi connectivity index (χ1v) is 8.57. The minimum atomic E-state index is -0.292. The predicted molar refractivity (Wildman–Crippen MR) is 92.7 cm³/mol. The molecule has 0 N–H and O–H groups in total. The van der Waals surface area contributed by atoms with E-state index in [-0.39, 0.29) is 35.6 Å². The number of fused-ring (bicyclic) bond motifs is 1. The number of hydrogen-bond donors (Lipinski definition) is 0. The van der Waals surface area contributed by atoms with E-state index in [2.05, 4.69) is 0 Å². The Kier molecular flexibility index (Phi) is 6.18. The van der Waals surface area contributed by atoms with Crippen molar-refractivity contribution in [2.45, 2.75) is 40.5 Å². The van der Waals surface area contributed by atoms with Crippen LogP contribution < -0.4 is 9.47 Å². The van der Waals surface area contributed by atoms with Crippen molar-refractivity contribution in [1.82, 2.24) is 0 Å². The molecule has 130 valence electrons. The molecule has 0 saturated heterocycles. The smallest absolute Gasteiger partial charge is 0.315 e. The molecule has 0 bridgehead atoms. The molecule has 1 aliphatic heterocycles. The maximum atomic E-state index is 12.5. The molecule has 2 atom stereocenters. The summed E-state index contributed by atoms with van der Waals surface area (Å²) in [6.45, 7) is 8.03. The van der Waals surface area contributed by atoms with Gasteiger partial charge in [0.2, 0.25) is 0 Å². The lowest BCUT2D eigenvalue weighted by molar-refractivity contribution is -0.143. The molecule has 2 rings (SSSR count). The van der Waals surface area contributed by atoms with Crippen LogP contribution in [0.2, 0.25) is 0 Å². The lowest BCUT2D eigenvalue weighted by Crippen LogP contribution is -2.27. The first kappa shape index (κ1) is 18.2. The quantitative estimate of drug-likeness (QED) is 0.458. The zero-order valence-electron chi connectivity index (χ0n) is 14.8. The van der Waals surface area contributed by atoms with Gasteiger partial charge in [-0.05, 0) is 36.8 Å². The van der Waals surface area contributed by atoms with E-state index in [1.54, 1.807) is 24.3 Å². The first-order valence-electron chi connectivity index (χ1n) is 8.57. The van der Waals surface area contributed by atoms with Crippen LogP contribution in [0.4, 0.5) is 0 Å². The third-order valence-corrected chi connectivity index (χ3v) is 4.43. The second-order valence-electron chi connectivity index (χ2n) is 6.93. The topological polar surface area (TPSA) is 52.6 Å².